The van der Waals surface area contributed by atoms with Crippen LogP contribution in [0.15, 0.2) is 42.5 Å². The molecule has 0 spiro atoms. The molecule has 0 amide bonds. The van der Waals surface area contributed by atoms with Gasteiger partial charge in [0.1, 0.15) is 11.6 Å². The predicted molar refractivity (Wildman–Crippen MR) is 117 cm³/mol. The van der Waals surface area contributed by atoms with Gasteiger partial charge in [0.25, 0.3) is 6.17 Å². The molecule has 1 nitrogen and oxygen atoms in total. The van der Waals surface area contributed by atoms with Gasteiger partial charge in [-0.2, -0.15) is 22.0 Å². The maximum absolute atomic E-state index is 14.9. The van der Waals surface area contributed by atoms with E-state index in [0.717, 1.165) is 49.3 Å². The lowest BCUT2D eigenvalue weighted by molar-refractivity contribution is -0.304. The van der Waals surface area contributed by atoms with Gasteiger partial charge in [-0.25, -0.2) is 8.78 Å². The van der Waals surface area contributed by atoms with Crippen molar-refractivity contribution in [3.63, 3.8) is 0 Å². The molecule has 1 aliphatic carbocycles. The van der Waals surface area contributed by atoms with Crippen molar-refractivity contribution in [3.05, 3.63) is 53.8 Å². The zero-order valence-corrected chi connectivity index (χ0v) is 19.0. The van der Waals surface area contributed by atoms with Crippen LogP contribution in [0.3, 0.4) is 0 Å². The van der Waals surface area contributed by atoms with E-state index in [1.807, 2.05) is 6.07 Å². The summed E-state index contributed by atoms with van der Waals surface area (Å²) >= 11 is 0. The fourth-order valence-electron chi connectivity index (χ4n) is 4.59. The Morgan fingerprint density at radius 2 is 1.56 bits per heavy atom. The standard InChI is InChI=1S/C26H29F7O/c1-2-3-4-5-17-6-8-18(9-7-17)20-12-15-22(23(27)16-20)19-10-13-21(14-11-19)34-26(32,33)24(28)25(29,30)31/h10-18,24H,2-9H2,1H3. The Morgan fingerprint density at radius 3 is 2.12 bits per heavy atom. The van der Waals surface area contributed by atoms with Crippen molar-refractivity contribution in [2.45, 2.75) is 82.7 Å². The molecule has 0 aliphatic heterocycles. The van der Waals surface area contributed by atoms with Gasteiger partial charge in [0.05, 0.1) is 0 Å². The summed E-state index contributed by atoms with van der Waals surface area (Å²) in [6.07, 6.45) is -6.02. The molecule has 2 aromatic rings. The highest BCUT2D eigenvalue weighted by atomic mass is 19.4. The lowest BCUT2D eigenvalue weighted by Crippen LogP contribution is -2.45. The van der Waals surface area contributed by atoms with Crippen LogP contribution < -0.4 is 4.74 Å². The van der Waals surface area contributed by atoms with E-state index in [0.29, 0.717) is 11.5 Å². The van der Waals surface area contributed by atoms with E-state index in [4.69, 9.17) is 0 Å². The van der Waals surface area contributed by atoms with Gasteiger partial charge in [0, 0.05) is 5.56 Å². The van der Waals surface area contributed by atoms with Crippen LogP contribution >= 0.6 is 0 Å². The molecule has 0 heterocycles. The summed E-state index contributed by atoms with van der Waals surface area (Å²) in [6, 6.07) is 9.36. The molecule has 2 aromatic carbocycles. The first-order valence-electron chi connectivity index (χ1n) is 11.7. The molecule has 0 radical (unpaired) electrons. The fraction of sp³-hybridized carbons (Fsp3) is 0.538. The first kappa shape index (κ1) is 26.4. The summed E-state index contributed by atoms with van der Waals surface area (Å²) in [5.41, 5.74) is 1.50. The van der Waals surface area contributed by atoms with Gasteiger partial charge in [-0.15, -0.1) is 0 Å². The van der Waals surface area contributed by atoms with Crippen molar-refractivity contribution in [2.24, 2.45) is 5.92 Å². The normalized spacial score (nSPS) is 20.2. The van der Waals surface area contributed by atoms with Gasteiger partial charge >= 0.3 is 12.3 Å². The van der Waals surface area contributed by atoms with Crippen molar-refractivity contribution in [2.75, 3.05) is 0 Å². The monoisotopic (exact) mass is 490 g/mol. The number of hydrogen-bond donors (Lipinski definition) is 0. The molecule has 1 atom stereocenters. The Bertz CT molecular complexity index is 916. The van der Waals surface area contributed by atoms with E-state index in [9.17, 15) is 30.7 Å². The lowest BCUT2D eigenvalue weighted by atomic mass is 9.77. The highest BCUT2D eigenvalue weighted by Crippen LogP contribution is 2.40. The molecule has 1 unspecified atom stereocenters. The van der Waals surface area contributed by atoms with Crippen LogP contribution in [0.1, 0.15) is 69.8 Å². The van der Waals surface area contributed by atoms with E-state index in [-0.39, 0.29) is 5.56 Å². The highest BCUT2D eigenvalue weighted by molar-refractivity contribution is 5.65. The van der Waals surface area contributed by atoms with Gasteiger partial charge in [0.15, 0.2) is 0 Å². The summed E-state index contributed by atoms with van der Waals surface area (Å²) in [4.78, 5) is 0. The molecule has 34 heavy (non-hydrogen) atoms. The number of unbranched alkanes of at least 4 members (excludes halogenated alkanes) is 2. The van der Waals surface area contributed by atoms with E-state index < -0.39 is 30.0 Å². The zero-order chi connectivity index (χ0) is 24.9. The average Bonchev–Trinajstić information content (AvgIpc) is 2.79. The van der Waals surface area contributed by atoms with Gasteiger partial charge in [0.2, 0.25) is 0 Å². The summed E-state index contributed by atoms with van der Waals surface area (Å²) in [7, 11) is 0. The van der Waals surface area contributed by atoms with Crippen LogP contribution in [0.5, 0.6) is 5.75 Å². The topological polar surface area (TPSA) is 9.23 Å². The molecule has 0 N–H and O–H groups in total. The minimum Gasteiger partial charge on any atom is -0.430 e. The van der Waals surface area contributed by atoms with E-state index >= 15 is 0 Å². The SMILES string of the molecule is CCCCCC1CCC(c2ccc(-c3ccc(OC(F)(F)C(F)C(F)(F)F)cc3)c(F)c2)CC1. The molecular formula is C26H29F7O. The van der Waals surface area contributed by atoms with E-state index in [2.05, 4.69) is 11.7 Å². The summed E-state index contributed by atoms with van der Waals surface area (Å²) < 4.78 is 95.4. The fourth-order valence-corrected chi connectivity index (χ4v) is 4.59. The maximum atomic E-state index is 14.9. The number of hydrogen-bond acceptors (Lipinski definition) is 1. The molecule has 8 heteroatoms. The minimum atomic E-state index is -5.76. The quantitative estimate of drug-likeness (QED) is 0.251. The molecule has 0 aromatic heterocycles. The Labute approximate surface area is 195 Å². The van der Waals surface area contributed by atoms with Gasteiger partial charge < -0.3 is 4.74 Å². The second-order valence-electron chi connectivity index (χ2n) is 9.05. The number of rotatable bonds is 9. The van der Waals surface area contributed by atoms with Crippen LogP contribution in [0.2, 0.25) is 0 Å². The van der Waals surface area contributed by atoms with Crippen molar-refractivity contribution in [1.82, 2.24) is 0 Å². The zero-order valence-electron chi connectivity index (χ0n) is 19.0. The van der Waals surface area contributed by atoms with Crippen molar-refractivity contribution in [3.8, 4) is 16.9 Å². The third-order valence-electron chi connectivity index (χ3n) is 6.53. The maximum Gasteiger partial charge on any atom is 0.439 e. The molecule has 0 bridgehead atoms. The van der Waals surface area contributed by atoms with Gasteiger partial charge in [-0.05, 0) is 66.8 Å². The molecule has 1 saturated carbocycles. The molecule has 3 rings (SSSR count). The third-order valence-corrected chi connectivity index (χ3v) is 6.53. The first-order chi connectivity index (χ1) is 16.0. The summed E-state index contributed by atoms with van der Waals surface area (Å²) in [6.45, 7) is 2.19. The van der Waals surface area contributed by atoms with Crippen molar-refractivity contribution in [1.29, 1.82) is 0 Å². The lowest BCUT2D eigenvalue weighted by Gasteiger charge is -2.29. The van der Waals surface area contributed by atoms with Gasteiger partial charge in [-0.3, -0.25) is 0 Å². The predicted octanol–water partition coefficient (Wildman–Crippen LogP) is 9.22. The minimum absolute atomic E-state index is 0.231. The number of benzene rings is 2. The summed E-state index contributed by atoms with van der Waals surface area (Å²) in [5.74, 6) is -0.0917. The molecule has 1 aliphatic rings. The average molecular weight is 491 g/mol. The molecular weight excluding hydrogens is 461 g/mol. The second-order valence-corrected chi connectivity index (χ2v) is 9.05. The Balaban J connectivity index is 1.63. The molecule has 1 fully saturated rings. The number of ether oxygens (including phenoxy) is 1. The van der Waals surface area contributed by atoms with Crippen LogP contribution in [0.4, 0.5) is 30.7 Å². The van der Waals surface area contributed by atoms with Crippen molar-refractivity contribution < 1.29 is 35.5 Å². The molecule has 188 valence electrons. The van der Waals surface area contributed by atoms with Crippen LogP contribution in [0.25, 0.3) is 11.1 Å². The van der Waals surface area contributed by atoms with Crippen molar-refractivity contribution >= 4 is 0 Å². The Morgan fingerprint density at radius 1 is 0.912 bits per heavy atom. The number of halogens is 7. The third kappa shape index (κ3) is 6.66. The van der Waals surface area contributed by atoms with Crippen LogP contribution in [-0.2, 0) is 0 Å². The van der Waals surface area contributed by atoms with Crippen LogP contribution in [-0.4, -0.2) is 18.5 Å². The second kappa shape index (κ2) is 11.0. The largest absolute Gasteiger partial charge is 0.439 e. The van der Waals surface area contributed by atoms with E-state index in [1.165, 1.54) is 43.9 Å². The summed E-state index contributed by atoms with van der Waals surface area (Å²) in [5, 5.41) is 0. The molecule has 0 saturated heterocycles. The number of alkyl halides is 6. The smallest absolute Gasteiger partial charge is 0.430 e. The van der Waals surface area contributed by atoms with Crippen LogP contribution in [0, 0.1) is 11.7 Å². The highest BCUT2D eigenvalue weighted by Gasteiger charge is 2.59. The van der Waals surface area contributed by atoms with Gasteiger partial charge in [-0.1, -0.05) is 56.9 Å². The first-order valence-corrected chi connectivity index (χ1v) is 11.7. The Kier molecular flexibility index (Phi) is 8.52. The van der Waals surface area contributed by atoms with E-state index in [1.54, 1.807) is 6.07 Å². The Hall–Kier alpha value is -2.25.